The molecule has 2 aliphatic rings. The second-order valence-electron chi connectivity index (χ2n) is 9.11. The van der Waals surface area contributed by atoms with Crippen LogP contribution in [0.1, 0.15) is 40.0 Å². The standard InChI is InChI=1S/C20H25N7O3/c1-13-8-19(2,3)11-20(9-13)17(29)26(18(30)23-20)10-16(28)22-14-4-6-15(7-5-14)27-12-21-24-25-27/h4-7,12-13H,8-11H2,1-3H3,(H,22,28)(H,23,30)/t13-,20-/m0/s1. The molecule has 2 atom stereocenters. The van der Waals surface area contributed by atoms with Crippen LogP contribution in [-0.2, 0) is 9.59 Å². The van der Waals surface area contributed by atoms with Crippen molar-refractivity contribution in [1.82, 2.24) is 30.4 Å². The number of anilines is 1. The Balaban J connectivity index is 1.42. The fraction of sp³-hybridized carbons (Fsp3) is 0.500. The first-order valence-corrected chi connectivity index (χ1v) is 9.95. The minimum Gasteiger partial charge on any atom is -0.325 e. The summed E-state index contributed by atoms with van der Waals surface area (Å²) in [6.45, 7) is 5.99. The summed E-state index contributed by atoms with van der Waals surface area (Å²) in [4.78, 5) is 39.2. The van der Waals surface area contributed by atoms with E-state index in [1.807, 2.05) is 0 Å². The Hall–Kier alpha value is -3.30. The van der Waals surface area contributed by atoms with Crippen LogP contribution < -0.4 is 10.6 Å². The van der Waals surface area contributed by atoms with Crippen LogP contribution in [0, 0.1) is 11.3 Å². The van der Waals surface area contributed by atoms with E-state index in [4.69, 9.17) is 0 Å². The maximum atomic E-state index is 13.1. The molecule has 4 amide bonds. The molecule has 2 aromatic rings. The van der Waals surface area contributed by atoms with Gasteiger partial charge in [-0.15, -0.1) is 5.10 Å². The normalized spacial score (nSPS) is 25.4. The zero-order valence-electron chi connectivity index (χ0n) is 17.3. The van der Waals surface area contributed by atoms with Crippen LogP contribution in [0.4, 0.5) is 10.5 Å². The van der Waals surface area contributed by atoms with E-state index in [0.717, 1.165) is 17.0 Å². The number of tetrazole rings is 1. The third-order valence-electron chi connectivity index (χ3n) is 5.69. The summed E-state index contributed by atoms with van der Waals surface area (Å²) in [5.74, 6) is -0.435. The molecule has 4 rings (SSSR count). The fourth-order valence-corrected chi connectivity index (χ4v) is 4.97. The second kappa shape index (κ2) is 7.19. The minimum atomic E-state index is -0.911. The summed E-state index contributed by atoms with van der Waals surface area (Å²) in [5.41, 5.74) is 0.320. The number of benzene rings is 1. The SMILES string of the molecule is C[C@H]1CC(C)(C)C[C@]2(C1)NC(=O)N(CC(=O)Nc1ccc(-n3cnnn3)cc1)C2=O. The molecule has 158 valence electrons. The van der Waals surface area contributed by atoms with Crippen molar-refractivity contribution in [1.29, 1.82) is 0 Å². The Kier molecular flexibility index (Phi) is 4.79. The Morgan fingerprint density at radius 1 is 1.23 bits per heavy atom. The number of rotatable bonds is 4. The third-order valence-corrected chi connectivity index (χ3v) is 5.69. The number of hydrogen-bond acceptors (Lipinski definition) is 6. The molecule has 1 aromatic heterocycles. The average molecular weight is 411 g/mol. The van der Waals surface area contributed by atoms with Gasteiger partial charge in [-0.2, -0.15) is 0 Å². The minimum absolute atomic E-state index is 0.0553. The lowest BCUT2D eigenvalue weighted by Gasteiger charge is -2.43. The van der Waals surface area contributed by atoms with Gasteiger partial charge in [0.1, 0.15) is 18.4 Å². The van der Waals surface area contributed by atoms with Crippen LogP contribution in [0.5, 0.6) is 0 Å². The lowest BCUT2D eigenvalue weighted by molar-refractivity contribution is -0.136. The summed E-state index contributed by atoms with van der Waals surface area (Å²) < 4.78 is 1.49. The molecule has 1 spiro atoms. The van der Waals surface area contributed by atoms with E-state index in [-0.39, 0.29) is 17.9 Å². The van der Waals surface area contributed by atoms with Crippen LogP contribution in [0.2, 0.25) is 0 Å². The number of hydrogen-bond donors (Lipinski definition) is 2. The summed E-state index contributed by atoms with van der Waals surface area (Å²) >= 11 is 0. The van der Waals surface area contributed by atoms with Gasteiger partial charge in [-0.3, -0.25) is 14.5 Å². The Bertz CT molecular complexity index is 971. The van der Waals surface area contributed by atoms with Gasteiger partial charge in [-0.1, -0.05) is 20.8 Å². The van der Waals surface area contributed by atoms with Gasteiger partial charge in [-0.05, 0) is 65.3 Å². The quantitative estimate of drug-likeness (QED) is 0.739. The highest BCUT2D eigenvalue weighted by molar-refractivity contribution is 6.10. The molecule has 0 unspecified atom stereocenters. The summed E-state index contributed by atoms with van der Waals surface area (Å²) in [6.07, 6.45) is 3.64. The van der Waals surface area contributed by atoms with Gasteiger partial charge in [-0.25, -0.2) is 9.48 Å². The maximum Gasteiger partial charge on any atom is 0.325 e. The van der Waals surface area contributed by atoms with Crippen LogP contribution in [0.15, 0.2) is 30.6 Å². The van der Waals surface area contributed by atoms with E-state index in [9.17, 15) is 14.4 Å². The molecule has 2 N–H and O–H groups in total. The number of amides is 4. The van der Waals surface area contributed by atoms with Crippen molar-refractivity contribution < 1.29 is 14.4 Å². The first-order valence-electron chi connectivity index (χ1n) is 9.95. The number of aromatic nitrogens is 4. The fourth-order valence-electron chi connectivity index (χ4n) is 4.97. The molecule has 10 nitrogen and oxygen atoms in total. The van der Waals surface area contributed by atoms with E-state index in [2.05, 4.69) is 46.9 Å². The molecule has 30 heavy (non-hydrogen) atoms. The van der Waals surface area contributed by atoms with Crippen molar-refractivity contribution >= 4 is 23.5 Å². The Morgan fingerprint density at radius 2 is 1.97 bits per heavy atom. The second-order valence-corrected chi connectivity index (χ2v) is 9.11. The highest BCUT2D eigenvalue weighted by atomic mass is 16.2. The summed E-state index contributed by atoms with van der Waals surface area (Å²) in [7, 11) is 0. The maximum absolute atomic E-state index is 13.1. The zero-order valence-corrected chi connectivity index (χ0v) is 17.3. The highest BCUT2D eigenvalue weighted by Crippen LogP contribution is 2.46. The molecule has 1 saturated carbocycles. The number of nitrogens with zero attached hydrogens (tertiary/aromatic N) is 5. The molecule has 1 aliphatic carbocycles. The first-order chi connectivity index (χ1) is 14.2. The highest BCUT2D eigenvalue weighted by Gasteiger charge is 2.56. The summed E-state index contributed by atoms with van der Waals surface area (Å²) in [6, 6.07) is 6.40. The van der Waals surface area contributed by atoms with E-state index in [1.165, 1.54) is 11.0 Å². The van der Waals surface area contributed by atoms with E-state index < -0.39 is 17.5 Å². The van der Waals surface area contributed by atoms with Gasteiger partial charge in [0, 0.05) is 5.69 Å². The van der Waals surface area contributed by atoms with E-state index in [1.54, 1.807) is 24.3 Å². The first kappa shape index (κ1) is 20.0. The molecule has 0 bridgehead atoms. The zero-order chi connectivity index (χ0) is 21.5. The number of urea groups is 1. The van der Waals surface area contributed by atoms with Gasteiger partial charge in [0.15, 0.2) is 0 Å². The van der Waals surface area contributed by atoms with Gasteiger partial charge < -0.3 is 10.6 Å². The van der Waals surface area contributed by atoms with Crippen LogP contribution in [0.3, 0.4) is 0 Å². The molecule has 0 radical (unpaired) electrons. The van der Waals surface area contributed by atoms with Crippen LogP contribution >= 0.6 is 0 Å². The lowest BCUT2D eigenvalue weighted by Crippen LogP contribution is -2.54. The van der Waals surface area contributed by atoms with Gasteiger partial charge in [0.05, 0.1) is 5.69 Å². The van der Waals surface area contributed by atoms with Gasteiger partial charge >= 0.3 is 6.03 Å². The monoisotopic (exact) mass is 411 g/mol. The van der Waals surface area contributed by atoms with Crippen molar-refractivity contribution in [3.8, 4) is 5.69 Å². The largest absolute Gasteiger partial charge is 0.325 e. The lowest BCUT2D eigenvalue weighted by atomic mass is 9.64. The van der Waals surface area contributed by atoms with Gasteiger partial charge in [0.25, 0.3) is 5.91 Å². The molecule has 1 saturated heterocycles. The van der Waals surface area contributed by atoms with Crippen molar-refractivity contribution in [3.05, 3.63) is 30.6 Å². The predicted molar refractivity (Wildman–Crippen MR) is 108 cm³/mol. The van der Waals surface area contributed by atoms with Crippen molar-refractivity contribution in [2.24, 2.45) is 11.3 Å². The number of carbonyl (C=O) groups is 3. The number of carbonyl (C=O) groups excluding carboxylic acids is 3. The van der Waals surface area contributed by atoms with Crippen molar-refractivity contribution in [3.63, 3.8) is 0 Å². The van der Waals surface area contributed by atoms with E-state index in [0.29, 0.717) is 24.4 Å². The molecular weight excluding hydrogens is 386 g/mol. The predicted octanol–water partition coefficient (Wildman–Crippen LogP) is 1.74. The molecular formula is C20H25N7O3. The third kappa shape index (κ3) is 3.77. The summed E-state index contributed by atoms with van der Waals surface area (Å²) in [5, 5.41) is 16.6. The van der Waals surface area contributed by atoms with Gasteiger partial charge in [0.2, 0.25) is 5.91 Å². The van der Waals surface area contributed by atoms with Crippen LogP contribution in [-0.4, -0.2) is 55.0 Å². The Labute approximate surface area is 174 Å². The molecule has 1 aromatic carbocycles. The molecule has 10 heteroatoms. The number of imide groups is 1. The van der Waals surface area contributed by atoms with Crippen molar-refractivity contribution in [2.75, 3.05) is 11.9 Å². The average Bonchev–Trinajstić information content (AvgIpc) is 3.25. The molecule has 2 fully saturated rings. The van der Waals surface area contributed by atoms with Crippen molar-refractivity contribution in [2.45, 2.75) is 45.6 Å². The van der Waals surface area contributed by atoms with E-state index >= 15 is 0 Å². The topological polar surface area (TPSA) is 122 Å². The van der Waals surface area contributed by atoms with Crippen LogP contribution in [0.25, 0.3) is 5.69 Å². The number of nitrogens with one attached hydrogen (secondary N) is 2. The molecule has 2 heterocycles. The molecule has 1 aliphatic heterocycles. The Morgan fingerprint density at radius 3 is 2.60 bits per heavy atom. The smallest absolute Gasteiger partial charge is 0.325 e.